The molecule has 2 amide bonds. The van der Waals surface area contributed by atoms with E-state index in [1.807, 2.05) is 13.0 Å². The Bertz CT molecular complexity index is 714. The van der Waals surface area contributed by atoms with Gasteiger partial charge in [-0.15, -0.1) is 0 Å². The minimum absolute atomic E-state index is 0.0942. The molecule has 4 nitrogen and oxygen atoms in total. The van der Waals surface area contributed by atoms with Gasteiger partial charge in [0, 0.05) is 28.4 Å². The first kappa shape index (κ1) is 16.0. The molecule has 0 aliphatic carbocycles. The first-order chi connectivity index (χ1) is 10.5. The number of hydrogen-bond acceptors (Lipinski definition) is 2. The zero-order valence-electron chi connectivity index (χ0n) is 12.4. The fourth-order valence-corrected chi connectivity index (χ4v) is 2.08. The molecular formula is C17H17ClN2O2. The van der Waals surface area contributed by atoms with Crippen molar-refractivity contribution in [3.8, 4) is 0 Å². The molecule has 0 bridgehead atoms. The van der Waals surface area contributed by atoms with E-state index < -0.39 is 0 Å². The molecule has 22 heavy (non-hydrogen) atoms. The maximum atomic E-state index is 12.3. The van der Waals surface area contributed by atoms with Crippen molar-refractivity contribution in [3.63, 3.8) is 0 Å². The number of aryl methyl sites for hydroxylation is 1. The summed E-state index contributed by atoms with van der Waals surface area (Å²) in [6.07, 6.45) is 0.387. The van der Waals surface area contributed by atoms with Gasteiger partial charge < -0.3 is 10.6 Å². The van der Waals surface area contributed by atoms with Gasteiger partial charge in [-0.05, 0) is 42.8 Å². The summed E-state index contributed by atoms with van der Waals surface area (Å²) < 4.78 is 0. The Morgan fingerprint density at radius 3 is 2.59 bits per heavy atom. The van der Waals surface area contributed by atoms with Gasteiger partial charge in [0.25, 0.3) is 5.91 Å². The van der Waals surface area contributed by atoms with Crippen molar-refractivity contribution in [2.45, 2.75) is 20.3 Å². The van der Waals surface area contributed by atoms with Gasteiger partial charge in [0.05, 0.1) is 0 Å². The van der Waals surface area contributed by atoms with Gasteiger partial charge in [-0.1, -0.05) is 30.7 Å². The molecule has 2 N–H and O–H groups in total. The molecule has 114 valence electrons. The average Bonchev–Trinajstić information content (AvgIpc) is 2.51. The lowest BCUT2D eigenvalue weighted by Crippen LogP contribution is -2.14. The minimum atomic E-state index is -0.252. The van der Waals surface area contributed by atoms with Crippen molar-refractivity contribution >= 4 is 34.8 Å². The number of halogens is 1. The van der Waals surface area contributed by atoms with Gasteiger partial charge in [-0.2, -0.15) is 0 Å². The molecule has 0 radical (unpaired) electrons. The van der Waals surface area contributed by atoms with Crippen molar-refractivity contribution in [2.24, 2.45) is 0 Å². The van der Waals surface area contributed by atoms with Crippen LogP contribution in [0.15, 0.2) is 42.5 Å². The molecular weight excluding hydrogens is 300 g/mol. The third kappa shape index (κ3) is 4.09. The fourth-order valence-electron chi connectivity index (χ4n) is 1.91. The van der Waals surface area contributed by atoms with Crippen LogP contribution in [0.2, 0.25) is 5.02 Å². The lowest BCUT2D eigenvalue weighted by Gasteiger charge is -2.10. The maximum Gasteiger partial charge on any atom is 0.255 e. The van der Waals surface area contributed by atoms with Crippen LogP contribution in [-0.4, -0.2) is 11.8 Å². The summed E-state index contributed by atoms with van der Waals surface area (Å²) in [5.41, 5.74) is 2.66. The standard InChI is InChI=1S/C17H17ClN2O2/c1-3-16(21)19-14-6-4-5-12(9-14)17(22)20-15-10-13(18)8-7-11(15)2/h4-10H,3H2,1-2H3,(H,19,21)(H,20,22). The number of anilines is 2. The number of nitrogens with one attached hydrogen (secondary N) is 2. The molecule has 5 heteroatoms. The average molecular weight is 317 g/mol. The van der Waals surface area contributed by atoms with Crippen molar-refractivity contribution < 1.29 is 9.59 Å². The van der Waals surface area contributed by atoms with E-state index in [-0.39, 0.29) is 11.8 Å². The van der Waals surface area contributed by atoms with Gasteiger partial charge in [0.15, 0.2) is 0 Å². The molecule has 0 heterocycles. The molecule has 0 saturated carbocycles. The van der Waals surface area contributed by atoms with Gasteiger partial charge in [-0.3, -0.25) is 9.59 Å². The molecule has 2 aromatic carbocycles. The second-order valence-electron chi connectivity index (χ2n) is 4.90. The van der Waals surface area contributed by atoms with Crippen molar-refractivity contribution in [1.29, 1.82) is 0 Å². The Balaban J connectivity index is 2.17. The Hall–Kier alpha value is -2.33. The van der Waals surface area contributed by atoms with Crippen molar-refractivity contribution in [1.82, 2.24) is 0 Å². The summed E-state index contributed by atoms with van der Waals surface area (Å²) in [4.78, 5) is 23.7. The van der Waals surface area contributed by atoms with E-state index in [4.69, 9.17) is 11.6 Å². The van der Waals surface area contributed by atoms with Gasteiger partial charge in [-0.25, -0.2) is 0 Å². The summed E-state index contributed by atoms with van der Waals surface area (Å²) in [5, 5.41) is 6.12. The molecule has 0 aromatic heterocycles. The monoisotopic (exact) mass is 316 g/mol. The van der Waals surface area contributed by atoms with Crippen LogP contribution in [0.5, 0.6) is 0 Å². The Morgan fingerprint density at radius 1 is 1.09 bits per heavy atom. The highest BCUT2D eigenvalue weighted by atomic mass is 35.5. The largest absolute Gasteiger partial charge is 0.326 e. The van der Waals surface area contributed by atoms with Gasteiger partial charge in [0.2, 0.25) is 5.91 Å². The molecule has 0 aliphatic rings. The molecule has 0 spiro atoms. The van der Waals surface area contributed by atoms with E-state index in [1.165, 1.54) is 0 Å². The van der Waals surface area contributed by atoms with Crippen LogP contribution in [0.4, 0.5) is 11.4 Å². The normalized spacial score (nSPS) is 10.1. The third-order valence-corrected chi connectivity index (χ3v) is 3.41. The number of carbonyl (C=O) groups is 2. The summed E-state index contributed by atoms with van der Waals surface area (Å²) in [7, 11) is 0. The van der Waals surface area contributed by atoms with Crippen LogP contribution < -0.4 is 10.6 Å². The highest BCUT2D eigenvalue weighted by Gasteiger charge is 2.09. The van der Waals surface area contributed by atoms with Crippen LogP contribution in [-0.2, 0) is 4.79 Å². The highest BCUT2D eigenvalue weighted by molar-refractivity contribution is 6.31. The number of carbonyl (C=O) groups excluding carboxylic acids is 2. The molecule has 0 fully saturated rings. The van der Waals surface area contributed by atoms with Crippen LogP contribution in [0.25, 0.3) is 0 Å². The van der Waals surface area contributed by atoms with E-state index >= 15 is 0 Å². The summed E-state index contributed by atoms with van der Waals surface area (Å²) in [6, 6.07) is 12.1. The molecule has 0 saturated heterocycles. The molecule has 0 unspecified atom stereocenters. The quantitative estimate of drug-likeness (QED) is 0.886. The molecule has 2 aromatic rings. The topological polar surface area (TPSA) is 58.2 Å². The SMILES string of the molecule is CCC(=O)Nc1cccc(C(=O)Nc2cc(Cl)ccc2C)c1. The zero-order chi connectivity index (χ0) is 16.1. The first-order valence-electron chi connectivity index (χ1n) is 6.97. The Kier molecular flexibility index (Phi) is 5.17. The number of benzene rings is 2. The zero-order valence-corrected chi connectivity index (χ0v) is 13.2. The highest BCUT2D eigenvalue weighted by Crippen LogP contribution is 2.21. The summed E-state index contributed by atoms with van der Waals surface area (Å²) in [6.45, 7) is 3.66. The van der Waals surface area contributed by atoms with Crippen LogP contribution in [0, 0.1) is 6.92 Å². The Morgan fingerprint density at radius 2 is 1.86 bits per heavy atom. The second kappa shape index (κ2) is 7.09. The smallest absolute Gasteiger partial charge is 0.255 e. The lowest BCUT2D eigenvalue weighted by atomic mass is 10.1. The van der Waals surface area contributed by atoms with E-state index in [9.17, 15) is 9.59 Å². The van der Waals surface area contributed by atoms with Gasteiger partial charge in [0.1, 0.15) is 0 Å². The first-order valence-corrected chi connectivity index (χ1v) is 7.35. The van der Waals surface area contributed by atoms with E-state index in [0.29, 0.717) is 28.4 Å². The van der Waals surface area contributed by atoms with Crippen LogP contribution >= 0.6 is 11.6 Å². The number of amides is 2. The Labute approximate surface area is 134 Å². The van der Waals surface area contributed by atoms with E-state index in [2.05, 4.69) is 10.6 Å². The second-order valence-corrected chi connectivity index (χ2v) is 5.33. The van der Waals surface area contributed by atoms with E-state index in [1.54, 1.807) is 43.3 Å². The van der Waals surface area contributed by atoms with Crippen LogP contribution in [0.3, 0.4) is 0 Å². The molecule has 0 atom stereocenters. The predicted octanol–water partition coefficient (Wildman–Crippen LogP) is 4.25. The van der Waals surface area contributed by atoms with Crippen LogP contribution in [0.1, 0.15) is 29.3 Å². The third-order valence-electron chi connectivity index (χ3n) is 3.18. The maximum absolute atomic E-state index is 12.3. The summed E-state index contributed by atoms with van der Waals surface area (Å²) in [5.74, 6) is -0.346. The van der Waals surface area contributed by atoms with Crippen molar-refractivity contribution in [3.05, 3.63) is 58.6 Å². The summed E-state index contributed by atoms with van der Waals surface area (Å²) >= 11 is 5.95. The molecule has 2 rings (SSSR count). The number of hydrogen-bond donors (Lipinski definition) is 2. The predicted molar refractivity (Wildman–Crippen MR) is 89.5 cm³/mol. The number of rotatable bonds is 4. The van der Waals surface area contributed by atoms with Gasteiger partial charge >= 0.3 is 0 Å². The van der Waals surface area contributed by atoms with E-state index in [0.717, 1.165) is 5.56 Å². The fraction of sp³-hybridized carbons (Fsp3) is 0.176. The van der Waals surface area contributed by atoms with Crippen molar-refractivity contribution in [2.75, 3.05) is 10.6 Å². The minimum Gasteiger partial charge on any atom is -0.326 e. The molecule has 0 aliphatic heterocycles. The lowest BCUT2D eigenvalue weighted by molar-refractivity contribution is -0.115.